The number of nitrogens with zero attached hydrogens (tertiary/aromatic N) is 1. The summed E-state index contributed by atoms with van der Waals surface area (Å²) in [5, 5.41) is 10.3. The fraction of sp³-hybridized carbons (Fsp3) is 0.647. The minimum atomic E-state index is -0.332. The molecule has 0 aliphatic carbocycles. The van der Waals surface area contributed by atoms with Crippen LogP contribution < -0.4 is 5.73 Å². The molecule has 1 aliphatic heterocycles. The van der Waals surface area contributed by atoms with Crippen molar-refractivity contribution in [1.82, 2.24) is 4.90 Å². The quantitative estimate of drug-likeness (QED) is 0.869. The Morgan fingerprint density at radius 1 is 1.25 bits per heavy atom. The van der Waals surface area contributed by atoms with Gasteiger partial charge in [-0.3, -0.25) is 0 Å². The van der Waals surface area contributed by atoms with E-state index in [0.29, 0.717) is 6.04 Å². The lowest BCUT2D eigenvalue weighted by molar-refractivity contribution is 0.148. The van der Waals surface area contributed by atoms with Gasteiger partial charge in [0, 0.05) is 6.04 Å². The highest BCUT2D eigenvalue weighted by Crippen LogP contribution is 2.21. The summed E-state index contributed by atoms with van der Waals surface area (Å²) in [6.07, 6.45) is 3.77. The van der Waals surface area contributed by atoms with Crippen molar-refractivity contribution in [2.75, 3.05) is 19.6 Å². The normalized spacial score (nSPS) is 19.2. The third-order valence-corrected chi connectivity index (χ3v) is 4.50. The van der Waals surface area contributed by atoms with Gasteiger partial charge in [0.15, 0.2) is 0 Å². The molecule has 0 aromatic heterocycles. The molecule has 3 N–H and O–H groups in total. The number of aliphatic hydroxyl groups excluding tert-OH is 1. The molecule has 1 unspecified atom stereocenters. The summed E-state index contributed by atoms with van der Waals surface area (Å²) in [6, 6.07) is 6.65. The molecule has 3 nitrogen and oxygen atoms in total. The zero-order chi connectivity index (χ0) is 14.5. The van der Waals surface area contributed by atoms with E-state index in [9.17, 15) is 5.11 Å². The molecule has 1 fully saturated rings. The molecular formula is C17H28N2O. The fourth-order valence-electron chi connectivity index (χ4n) is 2.82. The third kappa shape index (κ3) is 4.30. The molecule has 0 spiro atoms. The Morgan fingerprint density at radius 3 is 2.60 bits per heavy atom. The second-order valence-electron chi connectivity index (χ2n) is 6.18. The number of aryl methyl sites for hydroxylation is 2. The largest absolute Gasteiger partial charge is 0.388 e. The Morgan fingerprint density at radius 2 is 1.95 bits per heavy atom. The van der Waals surface area contributed by atoms with Gasteiger partial charge in [0.05, 0.1) is 6.10 Å². The van der Waals surface area contributed by atoms with Crippen LogP contribution in [0.1, 0.15) is 48.5 Å². The lowest BCUT2D eigenvalue weighted by atomic mass is 9.99. The second-order valence-corrected chi connectivity index (χ2v) is 6.18. The molecule has 1 aromatic rings. The van der Waals surface area contributed by atoms with Crippen molar-refractivity contribution < 1.29 is 5.11 Å². The van der Waals surface area contributed by atoms with E-state index in [1.807, 2.05) is 6.07 Å². The number of likely N-dealkylation sites (tertiary alicyclic amines) is 1. The molecule has 2 rings (SSSR count). The first kappa shape index (κ1) is 15.5. The third-order valence-electron chi connectivity index (χ3n) is 4.50. The zero-order valence-electron chi connectivity index (χ0n) is 12.8. The highest BCUT2D eigenvalue weighted by molar-refractivity contribution is 5.31. The topological polar surface area (TPSA) is 49.5 Å². The number of benzene rings is 1. The van der Waals surface area contributed by atoms with Crippen LogP contribution in [0.4, 0.5) is 0 Å². The Balaban J connectivity index is 1.74. The van der Waals surface area contributed by atoms with Gasteiger partial charge in [0.25, 0.3) is 0 Å². The van der Waals surface area contributed by atoms with E-state index in [1.54, 1.807) is 0 Å². The van der Waals surface area contributed by atoms with Gasteiger partial charge in [-0.2, -0.15) is 0 Å². The van der Waals surface area contributed by atoms with Gasteiger partial charge in [-0.25, -0.2) is 0 Å². The Bertz CT molecular complexity index is 425. The van der Waals surface area contributed by atoms with Crippen LogP contribution in [0, 0.1) is 13.8 Å². The number of hydrogen-bond donors (Lipinski definition) is 2. The standard InChI is InChI=1S/C17H28N2O/c1-13-5-6-15(12-14(13)2)17(20)4-3-9-19-10-7-16(18)8-11-19/h5-6,12,16-17,20H,3-4,7-11,18H2,1-2H3. The Kier molecular flexibility index (Phi) is 5.58. The summed E-state index contributed by atoms with van der Waals surface area (Å²) < 4.78 is 0. The van der Waals surface area contributed by atoms with E-state index in [2.05, 4.69) is 30.9 Å². The van der Waals surface area contributed by atoms with E-state index in [-0.39, 0.29) is 6.10 Å². The Hall–Kier alpha value is -0.900. The molecule has 1 atom stereocenters. The summed E-state index contributed by atoms with van der Waals surface area (Å²) >= 11 is 0. The minimum Gasteiger partial charge on any atom is -0.388 e. The summed E-state index contributed by atoms with van der Waals surface area (Å²) in [4.78, 5) is 2.47. The van der Waals surface area contributed by atoms with Crippen LogP contribution in [0.15, 0.2) is 18.2 Å². The van der Waals surface area contributed by atoms with Gasteiger partial charge in [-0.05, 0) is 75.9 Å². The maximum Gasteiger partial charge on any atom is 0.0790 e. The maximum atomic E-state index is 10.3. The second kappa shape index (κ2) is 7.21. The number of aliphatic hydroxyl groups is 1. The van der Waals surface area contributed by atoms with Crippen molar-refractivity contribution in [2.45, 2.75) is 51.7 Å². The van der Waals surface area contributed by atoms with Crippen molar-refractivity contribution in [1.29, 1.82) is 0 Å². The summed E-state index contributed by atoms with van der Waals surface area (Å²) in [6.45, 7) is 7.51. The molecule has 1 aliphatic rings. The molecule has 0 saturated carbocycles. The van der Waals surface area contributed by atoms with Crippen LogP contribution >= 0.6 is 0 Å². The molecule has 112 valence electrons. The highest BCUT2D eigenvalue weighted by Gasteiger charge is 2.16. The van der Waals surface area contributed by atoms with Crippen molar-refractivity contribution in [3.05, 3.63) is 34.9 Å². The first-order chi connectivity index (χ1) is 9.56. The molecular weight excluding hydrogens is 248 g/mol. The predicted molar refractivity (Wildman–Crippen MR) is 83.8 cm³/mol. The van der Waals surface area contributed by atoms with E-state index in [1.165, 1.54) is 11.1 Å². The lowest BCUT2D eigenvalue weighted by Crippen LogP contribution is -2.40. The number of piperidine rings is 1. The average molecular weight is 276 g/mol. The number of nitrogens with two attached hydrogens (primary N) is 1. The molecule has 0 bridgehead atoms. The number of hydrogen-bond acceptors (Lipinski definition) is 3. The van der Waals surface area contributed by atoms with Gasteiger partial charge in [0.2, 0.25) is 0 Å². The Labute approximate surface area is 122 Å². The molecule has 1 saturated heterocycles. The van der Waals surface area contributed by atoms with Gasteiger partial charge in [0.1, 0.15) is 0 Å². The van der Waals surface area contributed by atoms with Crippen molar-refractivity contribution >= 4 is 0 Å². The minimum absolute atomic E-state index is 0.332. The maximum absolute atomic E-state index is 10.3. The van der Waals surface area contributed by atoms with Crippen LogP contribution in [-0.4, -0.2) is 35.7 Å². The van der Waals surface area contributed by atoms with Crippen LogP contribution in [0.25, 0.3) is 0 Å². The van der Waals surface area contributed by atoms with Crippen LogP contribution in [0.5, 0.6) is 0 Å². The predicted octanol–water partition coefficient (Wildman–Crippen LogP) is 2.54. The van der Waals surface area contributed by atoms with Gasteiger partial charge in [-0.15, -0.1) is 0 Å². The van der Waals surface area contributed by atoms with Crippen molar-refractivity contribution in [2.24, 2.45) is 5.73 Å². The number of rotatable bonds is 5. The molecule has 3 heteroatoms. The van der Waals surface area contributed by atoms with Crippen molar-refractivity contribution in [3.63, 3.8) is 0 Å². The zero-order valence-corrected chi connectivity index (χ0v) is 12.8. The van der Waals surface area contributed by atoms with E-state index < -0.39 is 0 Å². The molecule has 1 aromatic carbocycles. The highest BCUT2D eigenvalue weighted by atomic mass is 16.3. The SMILES string of the molecule is Cc1ccc(C(O)CCCN2CCC(N)CC2)cc1C. The summed E-state index contributed by atoms with van der Waals surface area (Å²) in [7, 11) is 0. The van der Waals surface area contributed by atoms with E-state index >= 15 is 0 Å². The molecule has 0 amide bonds. The van der Waals surface area contributed by atoms with Gasteiger partial charge >= 0.3 is 0 Å². The van der Waals surface area contributed by atoms with Crippen LogP contribution in [0.3, 0.4) is 0 Å². The average Bonchev–Trinajstić information content (AvgIpc) is 2.44. The first-order valence-corrected chi connectivity index (χ1v) is 7.79. The molecule has 20 heavy (non-hydrogen) atoms. The van der Waals surface area contributed by atoms with E-state index in [0.717, 1.165) is 50.9 Å². The van der Waals surface area contributed by atoms with Crippen LogP contribution in [0.2, 0.25) is 0 Å². The lowest BCUT2D eigenvalue weighted by Gasteiger charge is -2.30. The van der Waals surface area contributed by atoms with Gasteiger partial charge in [-0.1, -0.05) is 18.2 Å². The van der Waals surface area contributed by atoms with Crippen LogP contribution in [-0.2, 0) is 0 Å². The first-order valence-electron chi connectivity index (χ1n) is 7.79. The van der Waals surface area contributed by atoms with Gasteiger partial charge < -0.3 is 15.7 Å². The monoisotopic (exact) mass is 276 g/mol. The molecule has 0 radical (unpaired) electrons. The van der Waals surface area contributed by atoms with Crippen molar-refractivity contribution in [3.8, 4) is 0 Å². The smallest absolute Gasteiger partial charge is 0.0790 e. The fourth-order valence-corrected chi connectivity index (χ4v) is 2.82. The summed E-state index contributed by atoms with van der Waals surface area (Å²) in [5.41, 5.74) is 9.50. The van der Waals surface area contributed by atoms with E-state index in [4.69, 9.17) is 5.73 Å². The summed E-state index contributed by atoms with van der Waals surface area (Å²) in [5.74, 6) is 0. The molecule has 1 heterocycles.